The van der Waals surface area contributed by atoms with Crippen LogP contribution < -0.4 is 11.1 Å². The zero-order valence-corrected chi connectivity index (χ0v) is 7.97. The Morgan fingerprint density at radius 2 is 1.86 bits per heavy atom. The van der Waals surface area contributed by atoms with Crippen molar-refractivity contribution in [3.8, 4) is 0 Å². The number of halogens is 1. The van der Waals surface area contributed by atoms with Gasteiger partial charge in [-0.2, -0.15) is 0 Å². The summed E-state index contributed by atoms with van der Waals surface area (Å²) in [6.45, 7) is 0. The predicted molar refractivity (Wildman–Crippen MR) is 56.2 cm³/mol. The Labute approximate surface area is 86.8 Å². The summed E-state index contributed by atoms with van der Waals surface area (Å²) in [7, 11) is 0. The normalized spacial score (nSPS) is 8.57. The van der Waals surface area contributed by atoms with Gasteiger partial charge in [-0.15, -0.1) is 12.4 Å². The van der Waals surface area contributed by atoms with Gasteiger partial charge in [-0.05, 0) is 24.3 Å². The van der Waals surface area contributed by atoms with E-state index in [0.29, 0.717) is 5.69 Å². The van der Waals surface area contributed by atoms with Crippen LogP contribution in [0, 0.1) is 5.41 Å². The second kappa shape index (κ2) is 5.08. The molecule has 0 spiro atoms. The molecule has 0 unspecified atom stereocenters. The van der Waals surface area contributed by atoms with Gasteiger partial charge in [0.05, 0.1) is 5.56 Å². The second-order valence-corrected chi connectivity index (χ2v) is 2.42. The van der Waals surface area contributed by atoms with E-state index in [0.717, 1.165) is 0 Å². The first kappa shape index (κ1) is 12.2. The number of carboxylic acid groups (broad SMARTS) is 1. The molecule has 0 aliphatic carbocycles. The predicted octanol–water partition coefficient (Wildman–Crippen LogP) is 1.11. The summed E-state index contributed by atoms with van der Waals surface area (Å²) in [6, 6.07) is 5.97. The van der Waals surface area contributed by atoms with Gasteiger partial charge >= 0.3 is 5.97 Å². The molecule has 0 saturated heterocycles. The van der Waals surface area contributed by atoms with E-state index in [1.807, 2.05) is 0 Å². The second-order valence-electron chi connectivity index (χ2n) is 2.42. The van der Waals surface area contributed by atoms with E-state index in [9.17, 15) is 4.79 Å². The fraction of sp³-hybridized carbons (Fsp3) is 0. The highest BCUT2D eigenvalue weighted by atomic mass is 35.5. The van der Waals surface area contributed by atoms with Crippen molar-refractivity contribution in [2.24, 2.45) is 5.73 Å². The summed E-state index contributed by atoms with van der Waals surface area (Å²) >= 11 is 0. The highest BCUT2D eigenvalue weighted by Gasteiger charge is 2.01. The molecule has 0 aromatic heterocycles. The molecule has 1 aromatic carbocycles. The minimum absolute atomic E-state index is 0. The van der Waals surface area contributed by atoms with E-state index in [1.165, 1.54) is 12.1 Å². The van der Waals surface area contributed by atoms with Crippen molar-refractivity contribution in [1.29, 1.82) is 5.41 Å². The molecule has 0 radical (unpaired) electrons. The molecule has 0 bridgehead atoms. The van der Waals surface area contributed by atoms with Crippen molar-refractivity contribution in [2.75, 3.05) is 5.32 Å². The molecular formula is C8H10ClN3O2. The van der Waals surface area contributed by atoms with Crippen molar-refractivity contribution >= 4 is 30.0 Å². The Bertz CT molecular complexity index is 337. The Kier molecular flexibility index (Phi) is 4.45. The molecule has 1 rings (SSSR count). The van der Waals surface area contributed by atoms with Crippen LogP contribution in [0.25, 0.3) is 0 Å². The van der Waals surface area contributed by atoms with Gasteiger partial charge in [-0.3, -0.25) is 5.41 Å². The SMILES string of the molecule is Cl.N=C(N)Nc1ccc(C(=O)O)cc1. The zero-order chi connectivity index (χ0) is 9.84. The number of hydrogen-bond donors (Lipinski definition) is 4. The molecule has 1 aromatic rings. The number of aromatic carboxylic acids is 1. The molecule has 0 amide bonds. The molecule has 5 N–H and O–H groups in total. The summed E-state index contributed by atoms with van der Waals surface area (Å²) in [5.74, 6) is -1.16. The molecular weight excluding hydrogens is 206 g/mol. The Morgan fingerprint density at radius 3 is 2.21 bits per heavy atom. The lowest BCUT2D eigenvalue weighted by atomic mass is 10.2. The van der Waals surface area contributed by atoms with Crippen molar-refractivity contribution in [3.63, 3.8) is 0 Å². The van der Waals surface area contributed by atoms with E-state index in [4.69, 9.17) is 16.2 Å². The molecule has 5 nitrogen and oxygen atoms in total. The third kappa shape index (κ3) is 3.32. The monoisotopic (exact) mass is 215 g/mol. The van der Waals surface area contributed by atoms with E-state index < -0.39 is 5.97 Å². The number of hydrogen-bond acceptors (Lipinski definition) is 2. The molecule has 0 fully saturated rings. The summed E-state index contributed by atoms with van der Waals surface area (Å²) in [5, 5.41) is 18.0. The largest absolute Gasteiger partial charge is 0.478 e. The average molecular weight is 216 g/mol. The smallest absolute Gasteiger partial charge is 0.335 e. The number of nitrogens with one attached hydrogen (secondary N) is 2. The molecule has 6 heteroatoms. The lowest BCUT2D eigenvalue weighted by molar-refractivity contribution is 0.0697. The summed E-state index contributed by atoms with van der Waals surface area (Å²) < 4.78 is 0. The van der Waals surface area contributed by atoms with Crippen LogP contribution >= 0.6 is 12.4 Å². The maximum Gasteiger partial charge on any atom is 0.335 e. The molecule has 0 atom stereocenters. The number of benzene rings is 1. The van der Waals surface area contributed by atoms with E-state index >= 15 is 0 Å². The van der Waals surface area contributed by atoms with Gasteiger partial charge < -0.3 is 16.2 Å². The zero-order valence-electron chi connectivity index (χ0n) is 7.15. The Balaban J connectivity index is 0.00000169. The number of carboxylic acids is 1. The Morgan fingerprint density at radius 1 is 1.36 bits per heavy atom. The van der Waals surface area contributed by atoms with Crippen molar-refractivity contribution in [3.05, 3.63) is 29.8 Å². The highest BCUT2D eigenvalue weighted by Crippen LogP contribution is 2.08. The lowest BCUT2D eigenvalue weighted by Gasteiger charge is -2.02. The van der Waals surface area contributed by atoms with Crippen molar-refractivity contribution in [2.45, 2.75) is 0 Å². The maximum atomic E-state index is 10.4. The fourth-order valence-corrected chi connectivity index (χ4v) is 0.852. The third-order valence-electron chi connectivity index (χ3n) is 1.41. The van der Waals surface area contributed by atoms with Crippen molar-refractivity contribution < 1.29 is 9.90 Å². The van der Waals surface area contributed by atoms with Crippen LogP contribution in [-0.2, 0) is 0 Å². The quantitative estimate of drug-likeness (QED) is 0.439. The molecule has 14 heavy (non-hydrogen) atoms. The van der Waals surface area contributed by atoms with Crippen LogP contribution in [0.4, 0.5) is 5.69 Å². The van der Waals surface area contributed by atoms with Gasteiger partial charge in [0.15, 0.2) is 5.96 Å². The highest BCUT2D eigenvalue weighted by molar-refractivity contribution is 5.91. The first-order chi connectivity index (χ1) is 6.09. The Hall–Kier alpha value is -1.75. The van der Waals surface area contributed by atoms with Gasteiger partial charge in [-0.1, -0.05) is 0 Å². The number of carbonyl (C=O) groups is 1. The molecule has 0 saturated carbocycles. The number of rotatable bonds is 2. The van der Waals surface area contributed by atoms with Crippen LogP contribution in [0.2, 0.25) is 0 Å². The molecule has 0 aliphatic rings. The molecule has 0 heterocycles. The van der Waals surface area contributed by atoms with Gasteiger partial charge in [0.25, 0.3) is 0 Å². The number of nitrogens with two attached hydrogens (primary N) is 1. The van der Waals surface area contributed by atoms with E-state index in [-0.39, 0.29) is 23.9 Å². The van der Waals surface area contributed by atoms with Crippen LogP contribution in [0.15, 0.2) is 24.3 Å². The lowest BCUT2D eigenvalue weighted by Crippen LogP contribution is -2.20. The molecule has 76 valence electrons. The summed E-state index contributed by atoms with van der Waals surface area (Å²) in [6.07, 6.45) is 0. The maximum absolute atomic E-state index is 10.4. The standard InChI is InChI=1S/C8H9N3O2.ClH/c9-8(10)11-6-3-1-5(2-4-6)7(12)13;/h1-4H,(H,12,13)(H4,9,10,11);1H. The third-order valence-corrected chi connectivity index (χ3v) is 1.41. The minimum atomic E-state index is -0.977. The van der Waals surface area contributed by atoms with Crippen LogP contribution in [0.3, 0.4) is 0 Å². The first-order valence-electron chi connectivity index (χ1n) is 3.54. The fourth-order valence-electron chi connectivity index (χ4n) is 0.852. The van der Waals surface area contributed by atoms with Gasteiger partial charge in [0.1, 0.15) is 0 Å². The van der Waals surface area contributed by atoms with Crippen molar-refractivity contribution in [1.82, 2.24) is 0 Å². The van der Waals surface area contributed by atoms with Gasteiger partial charge in [-0.25, -0.2) is 4.79 Å². The number of guanidine groups is 1. The molecule has 0 aliphatic heterocycles. The topological polar surface area (TPSA) is 99.2 Å². The van der Waals surface area contributed by atoms with E-state index in [2.05, 4.69) is 5.32 Å². The summed E-state index contributed by atoms with van der Waals surface area (Å²) in [5.41, 5.74) is 5.88. The van der Waals surface area contributed by atoms with Crippen LogP contribution in [0.5, 0.6) is 0 Å². The number of anilines is 1. The minimum Gasteiger partial charge on any atom is -0.478 e. The summed E-state index contributed by atoms with van der Waals surface area (Å²) in [4.78, 5) is 10.4. The van der Waals surface area contributed by atoms with E-state index in [1.54, 1.807) is 12.1 Å². The first-order valence-corrected chi connectivity index (χ1v) is 3.54. The van der Waals surface area contributed by atoms with Crippen LogP contribution in [-0.4, -0.2) is 17.0 Å². The average Bonchev–Trinajstić information content (AvgIpc) is 2.04. The van der Waals surface area contributed by atoms with Crippen LogP contribution in [0.1, 0.15) is 10.4 Å². The van der Waals surface area contributed by atoms with Gasteiger partial charge in [0, 0.05) is 5.69 Å². The van der Waals surface area contributed by atoms with Gasteiger partial charge in [0.2, 0.25) is 0 Å².